The first kappa shape index (κ1) is 19.6. The summed E-state index contributed by atoms with van der Waals surface area (Å²) >= 11 is 0. The predicted octanol–water partition coefficient (Wildman–Crippen LogP) is 1.80. The molecule has 1 N–H and O–H groups in total. The fourth-order valence-corrected chi connectivity index (χ4v) is 3.61. The summed E-state index contributed by atoms with van der Waals surface area (Å²) in [5, 5.41) is 2.99. The number of ether oxygens (including phenoxy) is 2. The third-order valence-corrected chi connectivity index (χ3v) is 5.18. The number of nitrogens with zero attached hydrogens (tertiary/aromatic N) is 4. The maximum atomic E-state index is 12.6. The van der Waals surface area contributed by atoms with Crippen molar-refractivity contribution in [2.24, 2.45) is 0 Å². The quantitative estimate of drug-likeness (QED) is 0.763. The minimum absolute atomic E-state index is 0.0393. The Morgan fingerprint density at radius 1 is 1.14 bits per heavy atom. The van der Waals surface area contributed by atoms with Crippen molar-refractivity contribution >= 4 is 17.5 Å². The topological polar surface area (TPSA) is 79.8 Å². The van der Waals surface area contributed by atoms with Crippen LogP contribution in [0.15, 0.2) is 42.7 Å². The van der Waals surface area contributed by atoms with Crippen molar-refractivity contribution in [3.05, 3.63) is 42.7 Å². The minimum atomic E-state index is -0.0393. The molecule has 1 aromatic heterocycles. The van der Waals surface area contributed by atoms with Gasteiger partial charge < -0.3 is 19.7 Å². The first-order valence-corrected chi connectivity index (χ1v) is 10.2. The van der Waals surface area contributed by atoms with Crippen LogP contribution in [0.2, 0.25) is 0 Å². The average Bonchev–Trinajstić information content (AvgIpc) is 3.28. The molecule has 0 saturated carbocycles. The van der Waals surface area contributed by atoms with E-state index in [0.29, 0.717) is 24.6 Å². The SMILES string of the molecule is O=C(CN1CCN(c2ncccn2)CC1)Nc1ccccc1OCC1CCCO1. The molecule has 1 amide bonds. The van der Waals surface area contributed by atoms with Crippen molar-refractivity contribution in [2.45, 2.75) is 18.9 Å². The Balaban J connectivity index is 1.26. The van der Waals surface area contributed by atoms with Crippen LogP contribution >= 0.6 is 0 Å². The summed E-state index contributed by atoms with van der Waals surface area (Å²) in [5.41, 5.74) is 0.701. The van der Waals surface area contributed by atoms with Crippen LogP contribution in [-0.4, -0.2) is 72.8 Å². The fourth-order valence-electron chi connectivity index (χ4n) is 3.61. The molecule has 2 fully saturated rings. The summed E-state index contributed by atoms with van der Waals surface area (Å²) in [6.45, 7) is 4.86. The lowest BCUT2D eigenvalue weighted by molar-refractivity contribution is -0.117. The normalized spacial score (nSPS) is 19.9. The number of nitrogens with one attached hydrogen (secondary N) is 1. The Labute approximate surface area is 170 Å². The Hall–Kier alpha value is -2.71. The van der Waals surface area contributed by atoms with E-state index >= 15 is 0 Å². The second kappa shape index (κ2) is 9.67. The van der Waals surface area contributed by atoms with E-state index in [-0.39, 0.29) is 12.0 Å². The summed E-state index contributed by atoms with van der Waals surface area (Å²) in [6.07, 6.45) is 5.75. The Morgan fingerprint density at radius 2 is 1.93 bits per heavy atom. The standard InChI is InChI=1S/C21H27N5O3/c27-20(15-25-10-12-26(13-11-25)21-22-8-4-9-23-21)24-18-6-1-2-7-19(18)29-16-17-5-3-14-28-17/h1-2,4,6-9,17H,3,5,10-16H2,(H,24,27). The highest BCUT2D eigenvalue weighted by Crippen LogP contribution is 2.25. The Morgan fingerprint density at radius 3 is 2.69 bits per heavy atom. The molecule has 0 bridgehead atoms. The van der Waals surface area contributed by atoms with Gasteiger partial charge in [0, 0.05) is 45.2 Å². The summed E-state index contributed by atoms with van der Waals surface area (Å²) in [5.74, 6) is 1.39. The smallest absolute Gasteiger partial charge is 0.238 e. The van der Waals surface area contributed by atoms with Gasteiger partial charge in [0.05, 0.1) is 18.3 Å². The second-order valence-electron chi connectivity index (χ2n) is 7.30. The van der Waals surface area contributed by atoms with Gasteiger partial charge in [-0.05, 0) is 31.0 Å². The molecule has 1 atom stereocenters. The molecule has 2 aliphatic heterocycles. The number of rotatable bonds is 7. The van der Waals surface area contributed by atoms with Crippen LogP contribution < -0.4 is 15.0 Å². The lowest BCUT2D eigenvalue weighted by Crippen LogP contribution is -2.49. The van der Waals surface area contributed by atoms with Crippen LogP contribution in [0, 0.1) is 0 Å². The lowest BCUT2D eigenvalue weighted by Gasteiger charge is -2.34. The van der Waals surface area contributed by atoms with Crippen LogP contribution in [0.25, 0.3) is 0 Å². The average molecular weight is 397 g/mol. The highest BCUT2D eigenvalue weighted by atomic mass is 16.5. The number of carbonyl (C=O) groups excluding carboxylic acids is 1. The molecule has 2 aromatic rings. The highest BCUT2D eigenvalue weighted by molar-refractivity contribution is 5.93. The molecule has 2 saturated heterocycles. The molecule has 8 heteroatoms. The van der Waals surface area contributed by atoms with Crippen LogP contribution in [0.5, 0.6) is 5.75 Å². The van der Waals surface area contributed by atoms with Crippen LogP contribution in [0.1, 0.15) is 12.8 Å². The molecule has 1 unspecified atom stereocenters. The molecule has 4 rings (SSSR count). The van der Waals surface area contributed by atoms with Crippen molar-refractivity contribution in [3.63, 3.8) is 0 Å². The Kier molecular flexibility index (Phi) is 6.53. The van der Waals surface area contributed by atoms with Gasteiger partial charge in [-0.25, -0.2) is 9.97 Å². The van der Waals surface area contributed by atoms with Gasteiger partial charge in [-0.15, -0.1) is 0 Å². The molecule has 3 heterocycles. The number of carbonyl (C=O) groups is 1. The summed E-state index contributed by atoms with van der Waals surface area (Å²) in [4.78, 5) is 25.4. The molecule has 2 aliphatic rings. The molecule has 8 nitrogen and oxygen atoms in total. The number of hydrogen-bond donors (Lipinski definition) is 1. The largest absolute Gasteiger partial charge is 0.489 e. The molecule has 0 spiro atoms. The van der Waals surface area contributed by atoms with Crippen LogP contribution in [0.3, 0.4) is 0 Å². The maximum Gasteiger partial charge on any atom is 0.238 e. The zero-order valence-electron chi connectivity index (χ0n) is 16.5. The van der Waals surface area contributed by atoms with Crippen LogP contribution in [-0.2, 0) is 9.53 Å². The van der Waals surface area contributed by atoms with Crippen molar-refractivity contribution in [2.75, 3.05) is 56.2 Å². The molecule has 1 aromatic carbocycles. The van der Waals surface area contributed by atoms with E-state index < -0.39 is 0 Å². The highest BCUT2D eigenvalue weighted by Gasteiger charge is 2.21. The number of aromatic nitrogens is 2. The molecule has 0 aliphatic carbocycles. The number of benzene rings is 1. The zero-order valence-corrected chi connectivity index (χ0v) is 16.5. The van der Waals surface area contributed by atoms with E-state index in [1.807, 2.05) is 30.3 Å². The predicted molar refractivity (Wildman–Crippen MR) is 110 cm³/mol. The molecule has 154 valence electrons. The van der Waals surface area contributed by atoms with Crippen molar-refractivity contribution < 1.29 is 14.3 Å². The van der Waals surface area contributed by atoms with E-state index in [2.05, 4.69) is 25.1 Å². The van der Waals surface area contributed by atoms with Gasteiger partial charge in [-0.2, -0.15) is 0 Å². The molecule has 0 radical (unpaired) electrons. The minimum Gasteiger partial charge on any atom is -0.489 e. The van der Waals surface area contributed by atoms with Gasteiger partial charge in [0.25, 0.3) is 0 Å². The van der Waals surface area contributed by atoms with Gasteiger partial charge >= 0.3 is 0 Å². The van der Waals surface area contributed by atoms with E-state index in [9.17, 15) is 4.79 Å². The van der Waals surface area contributed by atoms with Gasteiger partial charge in [0.1, 0.15) is 12.4 Å². The first-order chi connectivity index (χ1) is 14.3. The van der Waals surface area contributed by atoms with Gasteiger partial charge in [0.15, 0.2) is 0 Å². The molecule has 29 heavy (non-hydrogen) atoms. The molecular weight excluding hydrogens is 370 g/mol. The number of para-hydroxylation sites is 2. The number of piperazine rings is 1. The summed E-state index contributed by atoms with van der Waals surface area (Å²) in [6, 6.07) is 9.36. The van der Waals surface area contributed by atoms with E-state index in [0.717, 1.165) is 51.6 Å². The maximum absolute atomic E-state index is 12.6. The van der Waals surface area contributed by atoms with Crippen molar-refractivity contribution in [3.8, 4) is 5.75 Å². The zero-order chi connectivity index (χ0) is 19.9. The van der Waals surface area contributed by atoms with Gasteiger partial charge in [-0.3, -0.25) is 9.69 Å². The van der Waals surface area contributed by atoms with E-state index in [4.69, 9.17) is 9.47 Å². The molecular formula is C21H27N5O3. The van der Waals surface area contributed by atoms with Crippen molar-refractivity contribution in [1.29, 1.82) is 0 Å². The first-order valence-electron chi connectivity index (χ1n) is 10.2. The fraction of sp³-hybridized carbons (Fsp3) is 0.476. The number of hydrogen-bond acceptors (Lipinski definition) is 7. The summed E-state index contributed by atoms with van der Waals surface area (Å²) in [7, 11) is 0. The third-order valence-electron chi connectivity index (χ3n) is 5.18. The number of anilines is 2. The third kappa shape index (κ3) is 5.42. The van der Waals surface area contributed by atoms with E-state index in [1.54, 1.807) is 12.4 Å². The monoisotopic (exact) mass is 397 g/mol. The van der Waals surface area contributed by atoms with E-state index in [1.165, 1.54) is 0 Å². The Bertz CT molecular complexity index is 790. The van der Waals surface area contributed by atoms with Crippen LogP contribution in [0.4, 0.5) is 11.6 Å². The van der Waals surface area contributed by atoms with Gasteiger partial charge in [-0.1, -0.05) is 12.1 Å². The second-order valence-corrected chi connectivity index (χ2v) is 7.30. The number of amides is 1. The lowest BCUT2D eigenvalue weighted by atomic mass is 10.2. The van der Waals surface area contributed by atoms with Crippen molar-refractivity contribution in [1.82, 2.24) is 14.9 Å². The van der Waals surface area contributed by atoms with Gasteiger partial charge in [0.2, 0.25) is 11.9 Å². The summed E-state index contributed by atoms with van der Waals surface area (Å²) < 4.78 is 11.5.